The van der Waals surface area contributed by atoms with Crippen LogP contribution in [0.2, 0.25) is 0 Å². The van der Waals surface area contributed by atoms with Gasteiger partial charge in [-0.05, 0) is 30.2 Å². The summed E-state index contributed by atoms with van der Waals surface area (Å²) in [4.78, 5) is 13.0. The van der Waals surface area contributed by atoms with E-state index in [9.17, 15) is 20.1 Å². The molecule has 4 N–H and O–H groups in total. The summed E-state index contributed by atoms with van der Waals surface area (Å²) in [6.45, 7) is 1.59. The molecule has 142 valence electrons. The topological polar surface area (TPSA) is 102 Å². The minimum absolute atomic E-state index is 0.0828. The van der Waals surface area contributed by atoms with Crippen molar-refractivity contribution in [2.24, 2.45) is 5.10 Å². The lowest BCUT2D eigenvalue weighted by atomic mass is 9.85. The molecule has 6 nitrogen and oxygen atoms in total. The highest BCUT2D eigenvalue weighted by molar-refractivity contribution is 6.02. The van der Waals surface area contributed by atoms with Gasteiger partial charge in [-0.3, -0.25) is 4.79 Å². The highest BCUT2D eigenvalue weighted by atomic mass is 16.3. The SMILES string of the molecule is C/C(=N/NC(=O)C(O)(c1ccccc1)c1ccccc1)c1ccc(O)cc1O. The second kappa shape index (κ2) is 7.94. The fourth-order valence-corrected chi connectivity index (χ4v) is 2.89. The first-order valence-corrected chi connectivity index (χ1v) is 8.63. The normalized spacial score (nSPS) is 11.9. The lowest BCUT2D eigenvalue weighted by molar-refractivity contribution is -0.136. The quantitative estimate of drug-likeness (QED) is 0.406. The molecule has 0 heterocycles. The summed E-state index contributed by atoms with van der Waals surface area (Å²) in [5, 5.41) is 34.7. The van der Waals surface area contributed by atoms with Crippen molar-refractivity contribution in [1.29, 1.82) is 0 Å². The van der Waals surface area contributed by atoms with Crippen molar-refractivity contribution in [2.75, 3.05) is 0 Å². The monoisotopic (exact) mass is 376 g/mol. The summed E-state index contributed by atoms with van der Waals surface area (Å²) in [5.74, 6) is -0.986. The lowest BCUT2D eigenvalue weighted by Crippen LogP contribution is -2.43. The predicted octanol–water partition coefficient (Wildman–Crippen LogP) is 2.87. The zero-order chi connectivity index (χ0) is 20.1. The van der Waals surface area contributed by atoms with Gasteiger partial charge in [-0.1, -0.05) is 60.7 Å². The number of benzene rings is 3. The number of carbonyl (C=O) groups excluding carboxylic acids is 1. The maximum absolute atomic E-state index is 13.0. The Morgan fingerprint density at radius 2 is 1.43 bits per heavy atom. The predicted molar refractivity (Wildman–Crippen MR) is 106 cm³/mol. The molecule has 0 saturated carbocycles. The molecule has 0 bridgehead atoms. The van der Waals surface area contributed by atoms with E-state index in [2.05, 4.69) is 10.5 Å². The fourth-order valence-electron chi connectivity index (χ4n) is 2.89. The molecule has 0 spiro atoms. The molecule has 0 saturated heterocycles. The van der Waals surface area contributed by atoms with Crippen LogP contribution in [0.25, 0.3) is 0 Å². The summed E-state index contributed by atoms with van der Waals surface area (Å²) in [6, 6.07) is 21.2. The molecule has 3 aromatic rings. The van der Waals surface area contributed by atoms with Gasteiger partial charge in [-0.15, -0.1) is 0 Å². The molecule has 0 radical (unpaired) electrons. The smallest absolute Gasteiger partial charge is 0.281 e. The second-order valence-electron chi connectivity index (χ2n) is 6.28. The van der Waals surface area contributed by atoms with Crippen LogP contribution in [-0.2, 0) is 10.4 Å². The Kier molecular flexibility index (Phi) is 5.42. The Morgan fingerprint density at radius 3 is 1.93 bits per heavy atom. The van der Waals surface area contributed by atoms with Crippen molar-refractivity contribution in [2.45, 2.75) is 12.5 Å². The van der Waals surface area contributed by atoms with Crippen molar-refractivity contribution < 1.29 is 20.1 Å². The van der Waals surface area contributed by atoms with Crippen molar-refractivity contribution in [1.82, 2.24) is 5.43 Å². The van der Waals surface area contributed by atoms with Gasteiger partial charge in [0.15, 0.2) is 5.60 Å². The molecule has 3 aromatic carbocycles. The van der Waals surface area contributed by atoms with Gasteiger partial charge in [0.05, 0.1) is 5.71 Å². The zero-order valence-corrected chi connectivity index (χ0v) is 15.2. The average Bonchev–Trinajstić information content (AvgIpc) is 2.72. The van der Waals surface area contributed by atoms with Crippen molar-refractivity contribution >= 4 is 11.6 Å². The third kappa shape index (κ3) is 3.72. The van der Waals surface area contributed by atoms with Crippen LogP contribution >= 0.6 is 0 Å². The standard InChI is InChI=1S/C22H20N2O4/c1-15(19-13-12-18(25)14-20(19)26)23-24-21(27)22(28,16-8-4-2-5-9-16)17-10-6-3-7-11-17/h2-14,25-26,28H,1H3,(H,24,27)/b23-15-. The average molecular weight is 376 g/mol. The van der Waals surface area contributed by atoms with Gasteiger partial charge in [0.1, 0.15) is 11.5 Å². The molecule has 28 heavy (non-hydrogen) atoms. The third-order valence-electron chi connectivity index (χ3n) is 4.41. The zero-order valence-electron chi connectivity index (χ0n) is 15.2. The number of nitrogens with zero attached hydrogens (tertiary/aromatic N) is 1. The lowest BCUT2D eigenvalue weighted by Gasteiger charge is -2.27. The molecule has 3 rings (SSSR count). The van der Waals surface area contributed by atoms with Crippen LogP contribution in [0.5, 0.6) is 11.5 Å². The summed E-state index contributed by atoms with van der Waals surface area (Å²) < 4.78 is 0. The van der Waals surface area contributed by atoms with Gasteiger partial charge in [0, 0.05) is 11.6 Å². The first-order chi connectivity index (χ1) is 13.4. The number of rotatable bonds is 5. The first-order valence-electron chi connectivity index (χ1n) is 8.63. The number of carbonyl (C=O) groups is 1. The Hall–Kier alpha value is -3.64. The molecule has 0 atom stereocenters. The van der Waals surface area contributed by atoms with Crippen LogP contribution in [0, 0.1) is 0 Å². The van der Waals surface area contributed by atoms with E-state index >= 15 is 0 Å². The highest BCUT2D eigenvalue weighted by Gasteiger charge is 2.39. The van der Waals surface area contributed by atoms with E-state index in [0.29, 0.717) is 22.4 Å². The molecule has 0 unspecified atom stereocenters. The van der Waals surface area contributed by atoms with Gasteiger partial charge in [-0.25, -0.2) is 5.43 Å². The number of phenols is 2. The van der Waals surface area contributed by atoms with Crippen LogP contribution in [0.3, 0.4) is 0 Å². The van der Waals surface area contributed by atoms with Crippen molar-refractivity contribution in [3.05, 3.63) is 95.6 Å². The molecular weight excluding hydrogens is 356 g/mol. The number of nitrogens with one attached hydrogen (secondary N) is 1. The van der Waals surface area contributed by atoms with Gasteiger partial charge in [-0.2, -0.15) is 5.10 Å². The largest absolute Gasteiger partial charge is 0.508 e. The molecule has 0 aliphatic heterocycles. The summed E-state index contributed by atoms with van der Waals surface area (Å²) in [7, 11) is 0. The molecule has 0 fully saturated rings. The van der Waals surface area contributed by atoms with Gasteiger partial charge >= 0.3 is 0 Å². The molecule has 1 amide bonds. The van der Waals surface area contributed by atoms with E-state index in [0.717, 1.165) is 0 Å². The Morgan fingerprint density at radius 1 is 0.893 bits per heavy atom. The number of hydrogen-bond acceptors (Lipinski definition) is 5. The Labute approximate surface area is 162 Å². The highest BCUT2D eigenvalue weighted by Crippen LogP contribution is 2.30. The number of hydrazone groups is 1. The summed E-state index contributed by atoms with van der Waals surface area (Å²) in [5.41, 5.74) is 1.91. The van der Waals surface area contributed by atoms with E-state index in [-0.39, 0.29) is 11.5 Å². The maximum atomic E-state index is 13.0. The van der Waals surface area contributed by atoms with Crippen LogP contribution in [-0.4, -0.2) is 26.9 Å². The Bertz CT molecular complexity index is 962. The maximum Gasteiger partial charge on any atom is 0.281 e. The Balaban J connectivity index is 1.95. The molecular formula is C22H20N2O4. The first kappa shape index (κ1) is 19.1. The summed E-state index contributed by atoms with van der Waals surface area (Å²) in [6.07, 6.45) is 0. The fraction of sp³-hybridized carbons (Fsp3) is 0.0909. The second-order valence-corrected chi connectivity index (χ2v) is 6.28. The summed E-state index contributed by atoms with van der Waals surface area (Å²) >= 11 is 0. The van der Waals surface area contributed by atoms with E-state index in [1.165, 1.54) is 18.2 Å². The molecule has 6 heteroatoms. The van der Waals surface area contributed by atoms with Gasteiger partial charge in [0.2, 0.25) is 0 Å². The minimum Gasteiger partial charge on any atom is -0.508 e. The van der Waals surface area contributed by atoms with Crippen molar-refractivity contribution in [3.8, 4) is 11.5 Å². The number of aromatic hydroxyl groups is 2. The van der Waals surface area contributed by atoms with Crippen molar-refractivity contribution in [3.63, 3.8) is 0 Å². The van der Waals surface area contributed by atoms with E-state index in [1.807, 2.05) is 0 Å². The van der Waals surface area contributed by atoms with Crippen LogP contribution < -0.4 is 5.43 Å². The number of aliphatic hydroxyl groups is 1. The van der Waals surface area contributed by atoms with Crippen LogP contribution in [0.15, 0.2) is 84.0 Å². The van der Waals surface area contributed by atoms with Crippen LogP contribution in [0.1, 0.15) is 23.6 Å². The third-order valence-corrected chi connectivity index (χ3v) is 4.41. The van der Waals surface area contributed by atoms with Gasteiger partial charge in [0.25, 0.3) is 5.91 Å². The van der Waals surface area contributed by atoms with E-state index < -0.39 is 11.5 Å². The number of amides is 1. The number of phenolic OH excluding ortho intramolecular Hbond substituents is 2. The molecule has 0 aliphatic carbocycles. The minimum atomic E-state index is -1.94. The van der Waals surface area contributed by atoms with Crippen LogP contribution in [0.4, 0.5) is 0 Å². The van der Waals surface area contributed by atoms with E-state index in [1.54, 1.807) is 67.6 Å². The number of hydrogen-bond donors (Lipinski definition) is 4. The molecule has 0 aromatic heterocycles. The molecule has 0 aliphatic rings. The van der Waals surface area contributed by atoms with Gasteiger partial charge < -0.3 is 15.3 Å². The van der Waals surface area contributed by atoms with E-state index in [4.69, 9.17) is 0 Å².